The molecule has 3 N–H and O–H groups in total. The van der Waals surface area contributed by atoms with Gasteiger partial charge in [0.25, 0.3) is 0 Å². The highest BCUT2D eigenvalue weighted by atomic mass is 16.2. The van der Waals surface area contributed by atoms with Crippen molar-refractivity contribution in [3.8, 4) is 0 Å². The first-order chi connectivity index (χ1) is 7.30. The quantitative estimate of drug-likeness (QED) is 0.794. The Labute approximate surface area is 95.7 Å². The molecule has 5 heteroatoms. The first kappa shape index (κ1) is 12.4. The molecule has 0 unspecified atom stereocenters. The minimum Gasteiger partial charge on any atom is -0.376 e. The topological polar surface area (TPSA) is 71.2 Å². The zero-order valence-corrected chi connectivity index (χ0v) is 10.1. The Morgan fingerprint density at radius 2 is 2.06 bits per heavy atom. The molecule has 1 rings (SSSR count). The number of carbonyl (C=O) groups excluding carboxylic acids is 1. The summed E-state index contributed by atoms with van der Waals surface area (Å²) in [6.07, 6.45) is 1.69. The molecule has 0 atom stereocenters. The van der Waals surface area contributed by atoms with Gasteiger partial charge in [0, 0.05) is 14.1 Å². The van der Waals surface area contributed by atoms with E-state index < -0.39 is 5.54 Å². The van der Waals surface area contributed by atoms with E-state index in [1.54, 1.807) is 26.1 Å². The second-order valence-electron chi connectivity index (χ2n) is 4.47. The Morgan fingerprint density at radius 1 is 1.44 bits per heavy atom. The SMILES string of the molecule is CN(C)c1ccc(NC(=O)C(C)(C)N)nc1. The molecule has 0 fully saturated rings. The number of pyridine rings is 1. The molecule has 1 heterocycles. The van der Waals surface area contributed by atoms with Crippen LogP contribution in [0.1, 0.15) is 13.8 Å². The van der Waals surface area contributed by atoms with Crippen LogP contribution in [0.4, 0.5) is 11.5 Å². The van der Waals surface area contributed by atoms with Crippen molar-refractivity contribution in [2.45, 2.75) is 19.4 Å². The Balaban J connectivity index is 2.73. The summed E-state index contributed by atoms with van der Waals surface area (Å²) < 4.78 is 0. The highest BCUT2D eigenvalue weighted by Crippen LogP contribution is 2.12. The molecule has 0 aliphatic carbocycles. The average molecular weight is 222 g/mol. The summed E-state index contributed by atoms with van der Waals surface area (Å²) in [5.41, 5.74) is 5.73. The van der Waals surface area contributed by atoms with E-state index in [0.717, 1.165) is 5.69 Å². The maximum atomic E-state index is 11.6. The molecule has 0 saturated carbocycles. The molecule has 16 heavy (non-hydrogen) atoms. The largest absolute Gasteiger partial charge is 0.376 e. The highest BCUT2D eigenvalue weighted by Gasteiger charge is 2.21. The second-order valence-corrected chi connectivity index (χ2v) is 4.47. The molecule has 0 radical (unpaired) electrons. The van der Waals surface area contributed by atoms with Crippen molar-refractivity contribution < 1.29 is 4.79 Å². The molecule has 5 nitrogen and oxygen atoms in total. The van der Waals surface area contributed by atoms with Gasteiger partial charge < -0.3 is 16.0 Å². The number of aromatic nitrogens is 1. The van der Waals surface area contributed by atoms with Crippen molar-refractivity contribution in [2.24, 2.45) is 5.73 Å². The van der Waals surface area contributed by atoms with Crippen LogP contribution >= 0.6 is 0 Å². The molecule has 88 valence electrons. The lowest BCUT2D eigenvalue weighted by atomic mass is 10.1. The molecule has 0 bridgehead atoms. The predicted molar refractivity (Wildman–Crippen MR) is 65.5 cm³/mol. The van der Waals surface area contributed by atoms with Gasteiger partial charge in [0.05, 0.1) is 17.4 Å². The number of amides is 1. The summed E-state index contributed by atoms with van der Waals surface area (Å²) in [4.78, 5) is 17.6. The number of nitrogens with one attached hydrogen (secondary N) is 1. The molecule has 1 aromatic heterocycles. The summed E-state index contributed by atoms with van der Waals surface area (Å²) in [6.45, 7) is 3.30. The van der Waals surface area contributed by atoms with Gasteiger partial charge in [-0.15, -0.1) is 0 Å². The lowest BCUT2D eigenvalue weighted by molar-refractivity contribution is -0.120. The van der Waals surface area contributed by atoms with Gasteiger partial charge in [0.2, 0.25) is 5.91 Å². The van der Waals surface area contributed by atoms with Crippen LogP contribution in [0.15, 0.2) is 18.3 Å². The van der Waals surface area contributed by atoms with Crippen molar-refractivity contribution in [3.05, 3.63) is 18.3 Å². The van der Waals surface area contributed by atoms with Crippen LogP contribution in [0, 0.1) is 0 Å². The standard InChI is InChI=1S/C11H18N4O/c1-11(2,12)10(16)14-9-6-5-8(7-13-9)15(3)4/h5-7H,12H2,1-4H3,(H,13,14,16). The summed E-state index contributed by atoms with van der Waals surface area (Å²) in [5.74, 6) is 0.256. The summed E-state index contributed by atoms with van der Waals surface area (Å²) in [7, 11) is 3.86. The van der Waals surface area contributed by atoms with E-state index in [2.05, 4.69) is 10.3 Å². The van der Waals surface area contributed by atoms with Crippen LogP contribution in [0.5, 0.6) is 0 Å². The molecule has 1 aromatic rings. The molecular formula is C11H18N4O. The van der Waals surface area contributed by atoms with Crippen LogP contribution in [0.3, 0.4) is 0 Å². The fourth-order valence-electron chi connectivity index (χ4n) is 1.00. The Morgan fingerprint density at radius 3 is 2.44 bits per heavy atom. The summed E-state index contributed by atoms with van der Waals surface area (Å²) in [5, 5.41) is 2.65. The zero-order chi connectivity index (χ0) is 12.3. The second kappa shape index (κ2) is 4.49. The predicted octanol–water partition coefficient (Wildman–Crippen LogP) is 0.823. The number of hydrogen-bond acceptors (Lipinski definition) is 4. The van der Waals surface area contributed by atoms with E-state index in [1.807, 2.05) is 25.1 Å². The van der Waals surface area contributed by atoms with E-state index >= 15 is 0 Å². The van der Waals surface area contributed by atoms with Gasteiger partial charge in [0.15, 0.2) is 0 Å². The number of carbonyl (C=O) groups is 1. The maximum absolute atomic E-state index is 11.6. The van der Waals surface area contributed by atoms with Gasteiger partial charge in [-0.2, -0.15) is 0 Å². The Bertz CT molecular complexity index is 365. The minimum absolute atomic E-state index is 0.252. The molecule has 0 spiro atoms. The monoisotopic (exact) mass is 222 g/mol. The zero-order valence-electron chi connectivity index (χ0n) is 10.1. The van der Waals surface area contributed by atoms with Crippen LogP contribution in [0.2, 0.25) is 0 Å². The van der Waals surface area contributed by atoms with Gasteiger partial charge in [-0.05, 0) is 26.0 Å². The number of rotatable bonds is 3. The van der Waals surface area contributed by atoms with E-state index in [1.165, 1.54) is 0 Å². The van der Waals surface area contributed by atoms with E-state index in [0.29, 0.717) is 5.82 Å². The van der Waals surface area contributed by atoms with Crippen molar-refractivity contribution in [2.75, 3.05) is 24.3 Å². The van der Waals surface area contributed by atoms with Crippen LogP contribution in [0.25, 0.3) is 0 Å². The number of anilines is 2. The van der Waals surface area contributed by atoms with Crippen molar-refractivity contribution >= 4 is 17.4 Å². The van der Waals surface area contributed by atoms with Crippen molar-refractivity contribution in [1.29, 1.82) is 0 Å². The normalized spacial score (nSPS) is 11.1. The lowest BCUT2D eigenvalue weighted by Gasteiger charge is -2.18. The number of nitrogens with two attached hydrogens (primary N) is 1. The Hall–Kier alpha value is -1.62. The molecule has 0 saturated heterocycles. The van der Waals surface area contributed by atoms with Crippen molar-refractivity contribution in [1.82, 2.24) is 4.98 Å². The lowest BCUT2D eigenvalue weighted by Crippen LogP contribution is -2.45. The first-order valence-electron chi connectivity index (χ1n) is 5.04. The molecule has 0 aromatic carbocycles. The van der Waals surface area contributed by atoms with Gasteiger partial charge in [-0.1, -0.05) is 0 Å². The first-order valence-corrected chi connectivity index (χ1v) is 5.04. The average Bonchev–Trinajstić information content (AvgIpc) is 2.17. The third kappa shape index (κ3) is 3.20. The summed E-state index contributed by atoms with van der Waals surface area (Å²) >= 11 is 0. The van der Waals surface area contributed by atoms with E-state index in [-0.39, 0.29) is 5.91 Å². The van der Waals surface area contributed by atoms with Gasteiger partial charge in [-0.3, -0.25) is 4.79 Å². The Kier molecular flexibility index (Phi) is 3.49. The molecular weight excluding hydrogens is 204 g/mol. The van der Waals surface area contributed by atoms with Crippen LogP contribution < -0.4 is 16.0 Å². The fourth-order valence-corrected chi connectivity index (χ4v) is 1.00. The maximum Gasteiger partial charge on any atom is 0.245 e. The van der Waals surface area contributed by atoms with Gasteiger partial charge >= 0.3 is 0 Å². The van der Waals surface area contributed by atoms with Gasteiger partial charge in [-0.25, -0.2) is 4.98 Å². The molecule has 0 aliphatic rings. The molecule has 1 amide bonds. The van der Waals surface area contributed by atoms with Crippen molar-refractivity contribution in [3.63, 3.8) is 0 Å². The van der Waals surface area contributed by atoms with Crippen LogP contribution in [-0.4, -0.2) is 30.5 Å². The molecule has 0 aliphatic heterocycles. The number of nitrogens with zero attached hydrogens (tertiary/aromatic N) is 2. The third-order valence-corrected chi connectivity index (χ3v) is 2.09. The van der Waals surface area contributed by atoms with Gasteiger partial charge in [0.1, 0.15) is 5.82 Å². The van der Waals surface area contributed by atoms with E-state index in [4.69, 9.17) is 5.73 Å². The summed E-state index contributed by atoms with van der Waals surface area (Å²) in [6, 6.07) is 3.63. The number of hydrogen-bond donors (Lipinski definition) is 2. The smallest absolute Gasteiger partial charge is 0.245 e. The third-order valence-electron chi connectivity index (χ3n) is 2.09. The fraction of sp³-hybridized carbons (Fsp3) is 0.455. The van der Waals surface area contributed by atoms with E-state index in [9.17, 15) is 4.79 Å². The highest BCUT2D eigenvalue weighted by molar-refractivity contribution is 5.96. The minimum atomic E-state index is -0.901. The van der Waals surface area contributed by atoms with Crippen LogP contribution in [-0.2, 0) is 4.79 Å².